The number of hydrogen-bond donors (Lipinski definition) is 2. The van der Waals surface area contributed by atoms with Crippen molar-refractivity contribution in [2.45, 2.75) is 61.4 Å². The Morgan fingerprint density at radius 1 is 1.08 bits per heavy atom. The average Bonchev–Trinajstić information content (AvgIpc) is 3.33. The minimum absolute atomic E-state index is 0.0702. The van der Waals surface area contributed by atoms with Gasteiger partial charge < -0.3 is 15.4 Å². The Labute approximate surface area is 221 Å². The standard InChI is InChI=1S/C26H32ClF2N3O4S/c27-20-8-6-19(7-9-20)26(28,29)24(25(33)32-15-14-21(30)16-32)31-37(34,35)23-12-10-22(11-13-23)36-17-18-4-2-1-3-5-18/h6-13,18,21,24,31H,1-5,14-17,30H2/t21-,24+/m1/s1. The monoisotopic (exact) mass is 555 g/mol. The number of hydrogen-bond acceptors (Lipinski definition) is 5. The van der Waals surface area contributed by atoms with Crippen LogP contribution in [-0.2, 0) is 20.7 Å². The number of nitrogens with one attached hydrogen (secondary N) is 1. The molecule has 2 fully saturated rings. The van der Waals surface area contributed by atoms with E-state index in [0.29, 0.717) is 24.7 Å². The van der Waals surface area contributed by atoms with Gasteiger partial charge in [-0.25, -0.2) is 8.42 Å². The van der Waals surface area contributed by atoms with Crippen LogP contribution >= 0.6 is 11.6 Å². The summed E-state index contributed by atoms with van der Waals surface area (Å²) in [6.07, 6.45) is 6.26. The van der Waals surface area contributed by atoms with Gasteiger partial charge in [-0.1, -0.05) is 43.0 Å². The van der Waals surface area contributed by atoms with Crippen LogP contribution in [0.1, 0.15) is 44.1 Å². The summed E-state index contributed by atoms with van der Waals surface area (Å²) < 4.78 is 65.5. The minimum Gasteiger partial charge on any atom is -0.493 e. The van der Waals surface area contributed by atoms with E-state index in [4.69, 9.17) is 22.1 Å². The van der Waals surface area contributed by atoms with Gasteiger partial charge in [-0.2, -0.15) is 13.5 Å². The summed E-state index contributed by atoms with van der Waals surface area (Å²) in [6, 6.07) is 7.50. The highest BCUT2D eigenvalue weighted by Gasteiger charge is 2.50. The molecule has 2 aromatic rings. The molecule has 0 spiro atoms. The summed E-state index contributed by atoms with van der Waals surface area (Å²) >= 11 is 5.83. The van der Waals surface area contributed by atoms with Gasteiger partial charge in [0.1, 0.15) is 5.75 Å². The zero-order valence-corrected chi connectivity index (χ0v) is 22.0. The summed E-state index contributed by atoms with van der Waals surface area (Å²) in [5.41, 5.74) is 5.32. The van der Waals surface area contributed by atoms with E-state index in [2.05, 4.69) is 0 Å². The van der Waals surface area contributed by atoms with Crippen LogP contribution in [0, 0.1) is 5.92 Å². The van der Waals surface area contributed by atoms with Crippen LogP contribution < -0.4 is 15.2 Å². The van der Waals surface area contributed by atoms with E-state index in [1.165, 1.54) is 60.6 Å². The van der Waals surface area contributed by atoms with Gasteiger partial charge in [0.15, 0.2) is 6.04 Å². The number of nitrogens with two attached hydrogens (primary N) is 1. The molecule has 1 saturated heterocycles. The molecule has 0 aromatic heterocycles. The summed E-state index contributed by atoms with van der Waals surface area (Å²) in [5, 5.41) is 0.235. The molecule has 0 unspecified atom stereocenters. The number of alkyl halides is 2. The topological polar surface area (TPSA) is 102 Å². The van der Waals surface area contributed by atoms with Gasteiger partial charge in [0.05, 0.1) is 11.5 Å². The van der Waals surface area contributed by atoms with Crippen LogP contribution in [0.3, 0.4) is 0 Å². The number of carbonyl (C=O) groups is 1. The Kier molecular flexibility index (Phi) is 8.73. The fourth-order valence-electron chi connectivity index (χ4n) is 4.79. The van der Waals surface area contributed by atoms with Crippen molar-refractivity contribution in [1.82, 2.24) is 9.62 Å². The third kappa shape index (κ3) is 6.79. The smallest absolute Gasteiger partial charge is 0.298 e. The highest BCUT2D eigenvalue weighted by atomic mass is 35.5. The quantitative estimate of drug-likeness (QED) is 0.480. The molecule has 11 heteroatoms. The van der Waals surface area contributed by atoms with Gasteiger partial charge >= 0.3 is 0 Å². The number of nitrogens with zero attached hydrogens (tertiary/aromatic N) is 1. The van der Waals surface area contributed by atoms with Gasteiger partial charge in [0.25, 0.3) is 5.92 Å². The van der Waals surface area contributed by atoms with Crippen molar-refractivity contribution in [2.75, 3.05) is 19.7 Å². The maximum absolute atomic E-state index is 15.7. The van der Waals surface area contributed by atoms with Crippen molar-refractivity contribution < 1.29 is 26.7 Å². The molecule has 7 nitrogen and oxygen atoms in total. The molecule has 1 aliphatic carbocycles. The van der Waals surface area contributed by atoms with Crippen LogP contribution in [0.4, 0.5) is 8.78 Å². The second kappa shape index (κ2) is 11.6. The fraction of sp³-hybridized carbons (Fsp3) is 0.500. The van der Waals surface area contributed by atoms with Gasteiger partial charge in [0, 0.05) is 29.7 Å². The van der Waals surface area contributed by atoms with E-state index in [9.17, 15) is 13.2 Å². The molecule has 1 saturated carbocycles. The molecule has 0 radical (unpaired) electrons. The molecule has 1 heterocycles. The van der Waals surface area contributed by atoms with E-state index in [-0.39, 0.29) is 29.0 Å². The molecule has 2 aromatic carbocycles. The van der Waals surface area contributed by atoms with E-state index in [1.807, 2.05) is 4.72 Å². The van der Waals surface area contributed by atoms with Crippen LogP contribution in [0.5, 0.6) is 5.75 Å². The third-order valence-corrected chi connectivity index (χ3v) is 8.68. The number of likely N-dealkylation sites (tertiary alicyclic amines) is 1. The molecular formula is C26H32ClF2N3O4S. The lowest BCUT2D eigenvalue weighted by Gasteiger charge is -2.30. The molecule has 37 heavy (non-hydrogen) atoms. The summed E-state index contributed by atoms with van der Waals surface area (Å²) in [5.74, 6) is -3.93. The van der Waals surface area contributed by atoms with E-state index >= 15 is 8.78 Å². The number of ether oxygens (including phenoxy) is 1. The number of benzene rings is 2. The summed E-state index contributed by atoms with van der Waals surface area (Å²) in [6.45, 7) is 0.787. The van der Waals surface area contributed by atoms with Crippen LogP contribution in [0.25, 0.3) is 0 Å². The number of sulfonamides is 1. The van der Waals surface area contributed by atoms with E-state index in [0.717, 1.165) is 25.0 Å². The number of carbonyl (C=O) groups excluding carboxylic acids is 1. The SMILES string of the molecule is N[C@@H]1CCN(C(=O)[C@H](NS(=O)(=O)c2ccc(OCC3CCCCC3)cc2)C(F)(F)c2ccc(Cl)cc2)C1. The first kappa shape index (κ1) is 27.8. The highest BCUT2D eigenvalue weighted by Crippen LogP contribution is 2.35. The second-order valence-corrected chi connectivity index (χ2v) is 12.0. The predicted molar refractivity (Wildman–Crippen MR) is 137 cm³/mol. The Morgan fingerprint density at radius 3 is 2.32 bits per heavy atom. The van der Waals surface area contributed by atoms with Gasteiger partial charge in [-0.05, 0) is 61.6 Å². The van der Waals surface area contributed by atoms with Crippen molar-refractivity contribution in [2.24, 2.45) is 11.7 Å². The molecule has 0 bridgehead atoms. The van der Waals surface area contributed by atoms with Gasteiger partial charge in [-0.3, -0.25) is 4.79 Å². The molecule has 3 N–H and O–H groups in total. The minimum atomic E-state index is -4.49. The Morgan fingerprint density at radius 2 is 1.73 bits per heavy atom. The fourth-order valence-corrected chi connectivity index (χ4v) is 6.11. The first-order valence-corrected chi connectivity index (χ1v) is 14.4. The van der Waals surface area contributed by atoms with Crippen molar-refractivity contribution in [3.8, 4) is 5.75 Å². The molecule has 1 aliphatic heterocycles. The van der Waals surface area contributed by atoms with E-state index < -0.39 is 33.5 Å². The lowest BCUT2D eigenvalue weighted by molar-refractivity contribution is -0.143. The first-order chi connectivity index (χ1) is 17.6. The van der Waals surface area contributed by atoms with Crippen LogP contribution in [0.15, 0.2) is 53.4 Å². The first-order valence-electron chi connectivity index (χ1n) is 12.5. The molecule has 1 amide bonds. The van der Waals surface area contributed by atoms with Crippen LogP contribution in [-0.4, -0.2) is 51.0 Å². The zero-order valence-electron chi connectivity index (χ0n) is 20.4. The highest BCUT2D eigenvalue weighted by molar-refractivity contribution is 7.89. The molecule has 2 atom stereocenters. The molecule has 4 rings (SSSR count). The maximum atomic E-state index is 15.7. The summed E-state index contributed by atoms with van der Waals surface area (Å²) in [4.78, 5) is 14.1. The van der Waals surface area contributed by atoms with Gasteiger partial charge in [0.2, 0.25) is 15.9 Å². The Hall–Kier alpha value is -2.27. The Balaban J connectivity index is 1.54. The van der Waals surface area contributed by atoms with E-state index in [1.54, 1.807) is 0 Å². The summed E-state index contributed by atoms with van der Waals surface area (Å²) in [7, 11) is -4.49. The number of amides is 1. The second-order valence-electron chi connectivity index (χ2n) is 9.80. The van der Waals surface area contributed by atoms with Crippen molar-refractivity contribution >= 4 is 27.5 Å². The predicted octanol–water partition coefficient (Wildman–Crippen LogP) is 4.30. The van der Waals surface area contributed by atoms with Gasteiger partial charge in [-0.15, -0.1) is 0 Å². The maximum Gasteiger partial charge on any atom is 0.298 e. The molecule has 2 aliphatic rings. The molecule has 202 valence electrons. The Bertz CT molecular complexity index is 1170. The number of rotatable bonds is 9. The van der Waals surface area contributed by atoms with Crippen molar-refractivity contribution in [3.05, 3.63) is 59.1 Å². The number of halogens is 3. The largest absolute Gasteiger partial charge is 0.493 e. The normalized spacial score (nSPS) is 20.1. The van der Waals surface area contributed by atoms with Crippen molar-refractivity contribution in [1.29, 1.82) is 0 Å². The van der Waals surface area contributed by atoms with Crippen LogP contribution in [0.2, 0.25) is 5.02 Å². The zero-order chi connectivity index (χ0) is 26.6. The lowest BCUT2D eigenvalue weighted by Crippen LogP contribution is -2.56. The van der Waals surface area contributed by atoms with Crippen molar-refractivity contribution in [3.63, 3.8) is 0 Å². The molecular weight excluding hydrogens is 524 g/mol. The third-order valence-electron chi connectivity index (χ3n) is 6.99. The lowest BCUT2D eigenvalue weighted by atomic mass is 9.90. The average molecular weight is 556 g/mol.